The zero-order valence-corrected chi connectivity index (χ0v) is 21.3. The summed E-state index contributed by atoms with van der Waals surface area (Å²) in [6.45, 7) is 12.1. The van der Waals surface area contributed by atoms with E-state index in [9.17, 15) is 4.79 Å². The van der Waals surface area contributed by atoms with E-state index in [4.69, 9.17) is 21.7 Å². The van der Waals surface area contributed by atoms with E-state index in [1.807, 2.05) is 42.6 Å². The summed E-state index contributed by atoms with van der Waals surface area (Å²) in [5.74, 6) is 2.72. The van der Waals surface area contributed by atoms with Crippen molar-refractivity contribution in [3.05, 3.63) is 46.7 Å². The summed E-state index contributed by atoms with van der Waals surface area (Å²) in [7, 11) is 0. The van der Waals surface area contributed by atoms with Crippen LogP contribution >= 0.6 is 11.6 Å². The lowest BCUT2D eigenvalue weighted by Gasteiger charge is -2.39. The van der Waals surface area contributed by atoms with Crippen molar-refractivity contribution >= 4 is 29.0 Å². The first-order chi connectivity index (χ1) is 16.3. The largest absolute Gasteiger partial charge is 0.356 e. The zero-order chi connectivity index (χ0) is 24.0. The molecule has 5 rings (SSSR count). The first kappa shape index (κ1) is 23.2. The number of piperidine rings is 2. The van der Waals surface area contributed by atoms with Gasteiger partial charge in [-0.05, 0) is 62.6 Å². The predicted molar refractivity (Wildman–Crippen MR) is 137 cm³/mol. The molecule has 34 heavy (non-hydrogen) atoms. The van der Waals surface area contributed by atoms with E-state index in [0.717, 1.165) is 73.0 Å². The van der Waals surface area contributed by atoms with Crippen LogP contribution in [0.1, 0.15) is 44.5 Å². The molecule has 2 aromatic heterocycles. The lowest BCUT2D eigenvalue weighted by atomic mass is 9.89. The number of carbonyl (C=O) groups is 1. The molecule has 0 spiro atoms. The number of rotatable bonds is 3. The minimum absolute atomic E-state index is 0.121. The molecule has 0 bridgehead atoms. The number of amides is 1. The van der Waals surface area contributed by atoms with Crippen LogP contribution in [0, 0.1) is 31.6 Å². The van der Waals surface area contributed by atoms with E-state index >= 15 is 0 Å². The summed E-state index contributed by atoms with van der Waals surface area (Å²) in [5.41, 5.74) is 4.88. The Kier molecular flexibility index (Phi) is 6.28. The average Bonchev–Trinajstić information content (AvgIpc) is 3.13. The predicted octanol–water partition coefficient (Wildman–Crippen LogP) is 5.39. The molecule has 0 unspecified atom stereocenters. The van der Waals surface area contributed by atoms with Crippen LogP contribution in [0.5, 0.6) is 0 Å². The normalized spacial score (nSPS) is 21.9. The number of aryl methyl sites for hydroxylation is 2. The smallest absolute Gasteiger partial charge is 0.225 e. The number of likely N-dealkylation sites (tertiary alicyclic amines) is 1. The van der Waals surface area contributed by atoms with Crippen LogP contribution in [-0.2, 0) is 4.79 Å². The van der Waals surface area contributed by atoms with Crippen molar-refractivity contribution in [2.75, 3.05) is 31.1 Å². The Morgan fingerprint density at radius 2 is 1.68 bits per heavy atom. The number of aromatic nitrogens is 3. The zero-order valence-electron chi connectivity index (χ0n) is 20.6. The Hall–Kier alpha value is -2.60. The fourth-order valence-electron chi connectivity index (χ4n) is 5.86. The van der Waals surface area contributed by atoms with Gasteiger partial charge in [0, 0.05) is 54.4 Å². The lowest BCUT2D eigenvalue weighted by Crippen LogP contribution is -2.48. The summed E-state index contributed by atoms with van der Waals surface area (Å²) in [4.78, 5) is 22.6. The van der Waals surface area contributed by atoms with Crippen LogP contribution < -0.4 is 4.90 Å². The van der Waals surface area contributed by atoms with Crippen LogP contribution in [0.15, 0.2) is 30.3 Å². The number of hydrogen-bond acceptors (Lipinski definition) is 4. The number of benzene rings is 1. The minimum atomic E-state index is 0.121. The second kappa shape index (κ2) is 9.21. The third-order valence-electron chi connectivity index (χ3n) is 7.35. The molecule has 0 saturated carbocycles. The van der Waals surface area contributed by atoms with E-state index < -0.39 is 0 Å². The fraction of sp³-hybridized carbons (Fsp3) is 0.519. The van der Waals surface area contributed by atoms with Gasteiger partial charge in [0.25, 0.3) is 0 Å². The van der Waals surface area contributed by atoms with Crippen molar-refractivity contribution in [3.8, 4) is 11.1 Å². The van der Waals surface area contributed by atoms with Gasteiger partial charge in [0.1, 0.15) is 5.82 Å². The van der Waals surface area contributed by atoms with Crippen LogP contribution in [0.4, 0.5) is 5.82 Å². The molecule has 7 heteroatoms. The van der Waals surface area contributed by atoms with E-state index in [-0.39, 0.29) is 5.92 Å². The molecule has 6 nitrogen and oxygen atoms in total. The van der Waals surface area contributed by atoms with E-state index in [1.54, 1.807) is 0 Å². The number of hydrogen-bond donors (Lipinski definition) is 0. The van der Waals surface area contributed by atoms with Gasteiger partial charge in [-0.2, -0.15) is 9.61 Å². The molecule has 2 fully saturated rings. The molecule has 2 saturated heterocycles. The fourth-order valence-corrected chi connectivity index (χ4v) is 5.99. The van der Waals surface area contributed by atoms with Gasteiger partial charge in [-0.25, -0.2) is 4.98 Å². The second-order valence-corrected chi connectivity index (χ2v) is 10.8. The maximum Gasteiger partial charge on any atom is 0.225 e. The highest BCUT2D eigenvalue weighted by atomic mass is 35.5. The quantitative estimate of drug-likeness (QED) is 0.505. The van der Waals surface area contributed by atoms with Crippen molar-refractivity contribution in [2.24, 2.45) is 17.8 Å². The standard InChI is InChI=1S/C27H34ClN5O/c1-17-13-18(2)16-32(15-17)27(34)22-9-11-31(12-10-22)24-14-19(3)29-26-25(20(4)30-33(24)26)21-5-7-23(28)8-6-21/h5-8,14,17-18,22H,9-13,15-16H2,1-4H3/t17-,18+. The summed E-state index contributed by atoms with van der Waals surface area (Å²) >= 11 is 6.11. The summed E-state index contributed by atoms with van der Waals surface area (Å²) < 4.78 is 1.97. The van der Waals surface area contributed by atoms with Crippen molar-refractivity contribution in [2.45, 2.75) is 47.0 Å². The number of carbonyl (C=O) groups excluding carboxylic acids is 1. The van der Waals surface area contributed by atoms with E-state index in [2.05, 4.69) is 29.7 Å². The van der Waals surface area contributed by atoms with Crippen LogP contribution in [0.25, 0.3) is 16.8 Å². The Balaban J connectivity index is 1.38. The summed E-state index contributed by atoms with van der Waals surface area (Å²) in [6.07, 6.45) is 2.98. The van der Waals surface area contributed by atoms with Gasteiger partial charge in [-0.15, -0.1) is 0 Å². The molecule has 2 atom stereocenters. The van der Waals surface area contributed by atoms with Gasteiger partial charge in [0.05, 0.1) is 5.69 Å². The van der Waals surface area contributed by atoms with Gasteiger partial charge >= 0.3 is 0 Å². The highest BCUT2D eigenvalue weighted by Gasteiger charge is 2.33. The summed E-state index contributed by atoms with van der Waals surface area (Å²) in [6, 6.07) is 9.97. The molecule has 180 valence electrons. The molecule has 0 N–H and O–H groups in total. The molecular formula is C27H34ClN5O. The van der Waals surface area contributed by atoms with E-state index in [1.165, 1.54) is 6.42 Å². The first-order valence-electron chi connectivity index (χ1n) is 12.5. The molecule has 2 aliphatic rings. The Morgan fingerprint density at radius 1 is 1.03 bits per heavy atom. The number of anilines is 1. The summed E-state index contributed by atoms with van der Waals surface area (Å²) in [5, 5.41) is 5.59. The Labute approximate surface area is 206 Å². The van der Waals surface area contributed by atoms with Crippen LogP contribution in [0.3, 0.4) is 0 Å². The highest BCUT2D eigenvalue weighted by molar-refractivity contribution is 6.30. The lowest BCUT2D eigenvalue weighted by molar-refractivity contribution is -0.138. The van der Waals surface area contributed by atoms with E-state index in [0.29, 0.717) is 22.8 Å². The third-order valence-corrected chi connectivity index (χ3v) is 7.61. The molecular weight excluding hydrogens is 446 g/mol. The highest BCUT2D eigenvalue weighted by Crippen LogP contribution is 2.33. The maximum atomic E-state index is 13.3. The number of nitrogens with zero attached hydrogens (tertiary/aromatic N) is 5. The van der Waals surface area contributed by atoms with Gasteiger partial charge in [-0.3, -0.25) is 4.79 Å². The van der Waals surface area contributed by atoms with Crippen molar-refractivity contribution < 1.29 is 4.79 Å². The molecule has 1 amide bonds. The molecule has 0 aliphatic carbocycles. The molecule has 1 aromatic carbocycles. The van der Waals surface area contributed by atoms with Crippen molar-refractivity contribution in [1.82, 2.24) is 19.5 Å². The Bertz CT molecular complexity index is 1190. The Morgan fingerprint density at radius 3 is 2.32 bits per heavy atom. The minimum Gasteiger partial charge on any atom is -0.356 e. The topological polar surface area (TPSA) is 53.7 Å². The van der Waals surface area contributed by atoms with Crippen molar-refractivity contribution in [3.63, 3.8) is 0 Å². The van der Waals surface area contributed by atoms with Gasteiger partial charge < -0.3 is 9.80 Å². The molecule has 0 radical (unpaired) electrons. The van der Waals surface area contributed by atoms with Gasteiger partial charge in [0.15, 0.2) is 5.65 Å². The number of halogens is 1. The molecule has 4 heterocycles. The monoisotopic (exact) mass is 479 g/mol. The van der Waals surface area contributed by atoms with Crippen LogP contribution in [0.2, 0.25) is 5.02 Å². The SMILES string of the molecule is Cc1cc(N2CCC(C(=O)N3C[C@H](C)C[C@H](C)C3)CC2)n2nc(C)c(-c3ccc(Cl)cc3)c2n1. The maximum absolute atomic E-state index is 13.3. The third kappa shape index (κ3) is 4.40. The van der Waals surface area contributed by atoms with Gasteiger partial charge in [0.2, 0.25) is 5.91 Å². The number of fused-ring (bicyclic) bond motifs is 1. The van der Waals surface area contributed by atoms with Crippen molar-refractivity contribution in [1.29, 1.82) is 0 Å². The molecule has 2 aliphatic heterocycles. The molecule has 3 aromatic rings. The van der Waals surface area contributed by atoms with Gasteiger partial charge in [-0.1, -0.05) is 37.6 Å². The average molecular weight is 480 g/mol. The second-order valence-electron chi connectivity index (χ2n) is 10.4. The first-order valence-corrected chi connectivity index (χ1v) is 12.8. The van der Waals surface area contributed by atoms with Crippen LogP contribution in [-0.4, -0.2) is 51.6 Å².